The summed E-state index contributed by atoms with van der Waals surface area (Å²) in [6.45, 7) is 20.0. The van der Waals surface area contributed by atoms with Gasteiger partial charge in [0.25, 0.3) is 0 Å². The maximum absolute atomic E-state index is 2.45. The third-order valence-electron chi connectivity index (χ3n) is 10.3. The van der Waals surface area contributed by atoms with E-state index in [9.17, 15) is 0 Å². The number of anilines is 4. The summed E-state index contributed by atoms with van der Waals surface area (Å²) in [5, 5.41) is 3.97. The molecular weight excluding hydrogens is 789 g/mol. The van der Waals surface area contributed by atoms with E-state index in [4.69, 9.17) is 0 Å². The molecule has 0 radical (unpaired) electrons. The highest BCUT2D eigenvalue weighted by Crippen LogP contribution is 2.44. The minimum absolute atomic E-state index is 1.01. The standard InChI is InChI=1S/C48H36N2S2.5C2H6/c1-5-13-35(14-6-1)49(36-15-7-2-8-16-36)39-23-27-47-43(31-39)41-29-33(21-25-45(41)51-47)34-22-26-46-42(30-34)44-32-40(24-28-48(44)52-46)50(37-17-9-3-10-18-37)38-19-11-4-12-20-38;5*1-2/h1-3,5-11,13-22,24-26,28-32H,4,12,23,27H2;5*1-2H3. The topological polar surface area (TPSA) is 6.48 Å². The highest BCUT2D eigenvalue weighted by molar-refractivity contribution is 7.25. The van der Waals surface area contributed by atoms with Crippen LogP contribution < -0.4 is 9.80 Å². The van der Waals surface area contributed by atoms with Gasteiger partial charge in [-0.1, -0.05) is 148 Å². The maximum Gasteiger partial charge on any atom is 0.0468 e. The van der Waals surface area contributed by atoms with Gasteiger partial charge in [0.05, 0.1) is 0 Å². The lowest BCUT2D eigenvalue weighted by Gasteiger charge is -2.30. The van der Waals surface area contributed by atoms with Crippen molar-refractivity contribution in [1.82, 2.24) is 0 Å². The van der Waals surface area contributed by atoms with Crippen molar-refractivity contribution in [2.75, 3.05) is 9.80 Å². The molecule has 8 aromatic rings. The van der Waals surface area contributed by atoms with Crippen molar-refractivity contribution < 1.29 is 0 Å². The fourth-order valence-electron chi connectivity index (χ4n) is 7.86. The smallest absolute Gasteiger partial charge is 0.0468 e. The third kappa shape index (κ3) is 10.3. The highest BCUT2D eigenvalue weighted by atomic mass is 32.1. The molecular formula is C58H66N2S2. The van der Waals surface area contributed by atoms with E-state index < -0.39 is 0 Å². The summed E-state index contributed by atoms with van der Waals surface area (Å²) in [5.74, 6) is 0. The van der Waals surface area contributed by atoms with Gasteiger partial charge in [0.15, 0.2) is 0 Å². The molecule has 2 aliphatic rings. The van der Waals surface area contributed by atoms with Crippen LogP contribution in [0.15, 0.2) is 175 Å². The Bertz CT molecular complexity index is 2640. The highest BCUT2D eigenvalue weighted by Gasteiger charge is 2.23. The van der Waals surface area contributed by atoms with E-state index in [0.717, 1.165) is 25.7 Å². The Morgan fingerprint density at radius 3 is 1.44 bits per heavy atom. The Balaban J connectivity index is 0.000000680. The van der Waals surface area contributed by atoms with Crippen LogP contribution in [-0.2, 0) is 6.42 Å². The normalized spacial score (nSPS) is 12.2. The average Bonchev–Trinajstić information content (AvgIpc) is 3.93. The van der Waals surface area contributed by atoms with Crippen LogP contribution >= 0.6 is 22.7 Å². The molecule has 320 valence electrons. The van der Waals surface area contributed by atoms with Crippen molar-refractivity contribution >= 4 is 81.8 Å². The number of aryl methyl sites for hydroxylation is 1. The van der Waals surface area contributed by atoms with Crippen LogP contribution in [0.5, 0.6) is 0 Å². The van der Waals surface area contributed by atoms with Gasteiger partial charge in [-0.15, -0.1) is 22.7 Å². The molecule has 2 aliphatic carbocycles. The second kappa shape index (κ2) is 24.1. The zero-order valence-electron chi connectivity index (χ0n) is 38.7. The summed E-state index contributed by atoms with van der Waals surface area (Å²) in [5.41, 5.74) is 11.2. The monoisotopic (exact) mass is 854 g/mol. The van der Waals surface area contributed by atoms with Gasteiger partial charge in [0.1, 0.15) is 0 Å². The first-order valence-electron chi connectivity index (χ1n) is 23.1. The van der Waals surface area contributed by atoms with Crippen LogP contribution in [-0.4, -0.2) is 0 Å². The van der Waals surface area contributed by atoms with Crippen molar-refractivity contribution in [2.45, 2.75) is 94.9 Å². The van der Waals surface area contributed by atoms with E-state index in [2.05, 4.69) is 180 Å². The molecule has 0 amide bonds. The molecule has 10 rings (SSSR count). The number of benzene rings is 6. The zero-order chi connectivity index (χ0) is 44.4. The van der Waals surface area contributed by atoms with Crippen LogP contribution in [0.4, 0.5) is 22.7 Å². The van der Waals surface area contributed by atoms with E-state index in [1.807, 2.05) is 91.9 Å². The third-order valence-corrected chi connectivity index (χ3v) is 12.7. The fourth-order valence-corrected chi connectivity index (χ4v) is 10.1. The summed E-state index contributed by atoms with van der Waals surface area (Å²) in [6, 6.07) is 53.4. The van der Waals surface area contributed by atoms with E-state index in [-0.39, 0.29) is 0 Å². The molecule has 4 heteroatoms. The van der Waals surface area contributed by atoms with Crippen molar-refractivity contribution in [3.63, 3.8) is 0 Å². The molecule has 0 atom stereocenters. The summed E-state index contributed by atoms with van der Waals surface area (Å²) >= 11 is 3.83. The number of hydrogen-bond acceptors (Lipinski definition) is 4. The van der Waals surface area contributed by atoms with E-state index in [0.29, 0.717) is 0 Å². The van der Waals surface area contributed by atoms with E-state index in [1.54, 1.807) is 0 Å². The van der Waals surface area contributed by atoms with Gasteiger partial charge in [-0.05, 0) is 133 Å². The molecule has 62 heavy (non-hydrogen) atoms. The number of fused-ring (bicyclic) bond motifs is 6. The van der Waals surface area contributed by atoms with E-state index in [1.165, 1.54) is 86.0 Å². The molecule has 6 aromatic carbocycles. The van der Waals surface area contributed by atoms with Gasteiger partial charge in [-0.2, -0.15) is 0 Å². The fraction of sp³-hybridized carbons (Fsp3) is 0.241. The summed E-state index contributed by atoms with van der Waals surface area (Å²) in [6.07, 6.45) is 13.6. The van der Waals surface area contributed by atoms with Crippen LogP contribution in [0.3, 0.4) is 0 Å². The van der Waals surface area contributed by atoms with Gasteiger partial charge < -0.3 is 9.80 Å². The number of rotatable bonds is 7. The molecule has 2 heterocycles. The minimum atomic E-state index is 1.01. The zero-order valence-corrected chi connectivity index (χ0v) is 40.3. The molecule has 0 saturated heterocycles. The molecule has 0 unspecified atom stereocenters. The molecule has 0 fully saturated rings. The number of nitrogens with zero attached hydrogens (tertiary/aromatic N) is 2. The van der Waals surface area contributed by atoms with Gasteiger partial charge >= 0.3 is 0 Å². The number of para-hydroxylation sites is 3. The van der Waals surface area contributed by atoms with E-state index >= 15 is 0 Å². The van der Waals surface area contributed by atoms with Crippen LogP contribution in [0.2, 0.25) is 0 Å². The summed E-state index contributed by atoms with van der Waals surface area (Å²) < 4.78 is 4.00. The van der Waals surface area contributed by atoms with Gasteiger partial charge in [-0.3, -0.25) is 0 Å². The summed E-state index contributed by atoms with van der Waals surface area (Å²) in [4.78, 5) is 6.31. The largest absolute Gasteiger partial charge is 0.314 e. The predicted molar refractivity (Wildman–Crippen MR) is 283 cm³/mol. The van der Waals surface area contributed by atoms with Gasteiger partial charge in [0.2, 0.25) is 0 Å². The molecule has 2 nitrogen and oxygen atoms in total. The second-order valence-electron chi connectivity index (χ2n) is 13.6. The first kappa shape index (κ1) is 47.4. The van der Waals surface area contributed by atoms with Crippen LogP contribution in [0.25, 0.3) is 47.5 Å². The lowest BCUT2D eigenvalue weighted by molar-refractivity contribution is 0.911. The minimum Gasteiger partial charge on any atom is -0.314 e. The SMILES string of the molecule is C1=CC(N(c2ccccc2)c2ccc3sc4ccc(-c5ccc6sc7c(c6c5)C=C(N(c5ccccc5)c5ccccc5)CC7)cc4c3c2)=CCC1.CC.CC.CC.CC.CC. The Kier molecular flexibility index (Phi) is 18.4. The van der Waals surface area contributed by atoms with Crippen molar-refractivity contribution in [3.05, 3.63) is 186 Å². The first-order chi connectivity index (χ1) is 30.8. The molecule has 0 spiro atoms. The molecule has 2 aromatic heterocycles. The van der Waals surface area contributed by atoms with Crippen molar-refractivity contribution in [2.24, 2.45) is 0 Å². The number of hydrogen-bond donors (Lipinski definition) is 0. The van der Waals surface area contributed by atoms with Crippen molar-refractivity contribution in [3.8, 4) is 11.1 Å². The van der Waals surface area contributed by atoms with Crippen LogP contribution in [0.1, 0.15) is 98.9 Å². The van der Waals surface area contributed by atoms with Gasteiger partial charge in [0, 0.05) is 69.3 Å². The maximum atomic E-state index is 2.45. The first-order valence-corrected chi connectivity index (χ1v) is 24.7. The Morgan fingerprint density at radius 1 is 0.419 bits per heavy atom. The molecule has 0 bridgehead atoms. The van der Waals surface area contributed by atoms with Gasteiger partial charge in [-0.25, -0.2) is 0 Å². The molecule has 0 aliphatic heterocycles. The Labute approximate surface area is 381 Å². The predicted octanol–water partition coefficient (Wildman–Crippen LogP) is 19.6. The summed E-state index contributed by atoms with van der Waals surface area (Å²) in [7, 11) is 0. The van der Waals surface area contributed by atoms with Crippen LogP contribution in [0, 0.1) is 0 Å². The lowest BCUT2D eigenvalue weighted by Crippen LogP contribution is -2.18. The number of thiophene rings is 2. The van der Waals surface area contributed by atoms with Crippen molar-refractivity contribution in [1.29, 1.82) is 0 Å². The molecule has 0 saturated carbocycles. The Morgan fingerprint density at radius 2 is 0.903 bits per heavy atom. The number of allylic oxidation sites excluding steroid dienone is 4. The molecule has 0 N–H and O–H groups in total. The second-order valence-corrected chi connectivity index (χ2v) is 15.8. The lowest BCUT2D eigenvalue weighted by atomic mass is 9.96. The average molecular weight is 855 g/mol. The quantitative estimate of drug-likeness (QED) is 0.158. The Hall–Kier alpha value is -5.68.